The summed E-state index contributed by atoms with van der Waals surface area (Å²) in [4.78, 5) is 0. The molecule has 0 heterocycles. The number of aryl methyl sites for hydroxylation is 2. The van der Waals surface area contributed by atoms with Crippen molar-refractivity contribution in [2.24, 2.45) is 0 Å². The van der Waals surface area contributed by atoms with Gasteiger partial charge < -0.3 is 0 Å². The number of benzene rings is 2. The van der Waals surface area contributed by atoms with E-state index in [4.69, 9.17) is 23.2 Å². The van der Waals surface area contributed by atoms with Gasteiger partial charge in [-0.25, -0.2) is 0 Å². The third-order valence-corrected chi connectivity index (χ3v) is 5.02. The first-order valence-corrected chi connectivity index (χ1v) is 8.69. The second-order valence-corrected chi connectivity index (χ2v) is 6.84. The lowest BCUT2D eigenvalue weighted by atomic mass is 9.94. The van der Waals surface area contributed by atoms with Crippen LogP contribution in [0.3, 0.4) is 0 Å². The summed E-state index contributed by atoms with van der Waals surface area (Å²) in [7, 11) is 0. The van der Waals surface area contributed by atoms with E-state index in [9.17, 15) is 13.2 Å². The van der Waals surface area contributed by atoms with E-state index in [1.807, 2.05) is 13.0 Å². The molecule has 0 radical (unpaired) electrons. The van der Waals surface area contributed by atoms with Crippen LogP contribution in [-0.2, 0) is 6.42 Å². The minimum atomic E-state index is -4.41. The Bertz CT molecular complexity index is 769. The molecule has 2 aromatic rings. The van der Waals surface area contributed by atoms with Crippen LogP contribution in [0, 0.1) is 13.8 Å². The summed E-state index contributed by atoms with van der Waals surface area (Å²) < 4.78 is 40.7. The van der Waals surface area contributed by atoms with Gasteiger partial charge in [-0.2, -0.15) is 13.2 Å². The van der Waals surface area contributed by atoms with Gasteiger partial charge in [0.25, 0.3) is 0 Å². The first kappa shape index (κ1) is 19.9. The van der Waals surface area contributed by atoms with Gasteiger partial charge in [-0.3, -0.25) is 0 Å². The summed E-state index contributed by atoms with van der Waals surface area (Å²) >= 11 is 12.2. The molecule has 0 spiro atoms. The molecule has 0 amide bonds. The average molecular weight is 387 g/mol. The van der Waals surface area contributed by atoms with Crippen LogP contribution in [0.4, 0.5) is 13.2 Å². The van der Waals surface area contributed by atoms with E-state index in [1.54, 1.807) is 26.0 Å². The van der Waals surface area contributed by atoms with Crippen LogP contribution in [0.25, 0.3) is 6.08 Å². The van der Waals surface area contributed by atoms with Gasteiger partial charge in [0.05, 0.1) is 5.92 Å². The van der Waals surface area contributed by atoms with Crippen molar-refractivity contribution in [1.29, 1.82) is 0 Å². The molecule has 2 aromatic carbocycles. The summed E-state index contributed by atoms with van der Waals surface area (Å²) in [6.45, 7) is 5.52. The molecule has 2 rings (SSSR count). The highest BCUT2D eigenvalue weighted by molar-refractivity contribution is 6.31. The summed E-state index contributed by atoms with van der Waals surface area (Å²) in [6, 6.07) is 8.20. The third-order valence-electron chi connectivity index (χ3n) is 4.28. The zero-order chi connectivity index (χ0) is 18.8. The average Bonchev–Trinajstić information content (AvgIpc) is 2.51. The minimum absolute atomic E-state index is 0.133. The van der Waals surface area contributed by atoms with Crippen LogP contribution in [0.15, 0.2) is 36.4 Å². The number of hydrogen-bond donors (Lipinski definition) is 0. The molecule has 134 valence electrons. The molecule has 0 saturated heterocycles. The molecule has 1 atom stereocenters. The molecule has 0 aliphatic carbocycles. The Kier molecular flexibility index (Phi) is 6.23. The van der Waals surface area contributed by atoms with E-state index in [2.05, 4.69) is 0 Å². The van der Waals surface area contributed by atoms with Gasteiger partial charge in [-0.15, -0.1) is 0 Å². The van der Waals surface area contributed by atoms with Gasteiger partial charge >= 0.3 is 6.18 Å². The van der Waals surface area contributed by atoms with Gasteiger partial charge in [0.2, 0.25) is 0 Å². The Labute approximate surface area is 156 Å². The molecule has 0 bridgehead atoms. The van der Waals surface area contributed by atoms with Gasteiger partial charge in [0.15, 0.2) is 0 Å². The lowest BCUT2D eigenvalue weighted by molar-refractivity contribution is -0.139. The quantitative estimate of drug-likeness (QED) is 0.509. The van der Waals surface area contributed by atoms with Crippen LogP contribution in [0.2, 0.25) is 10.0 Å². The molecular formula is C20H19Cl2F3. The molecule has 5 heteroatoms. The molecule has 25 heavy (non-hydrogen) atoms. The second-order valence-electron chi connectivity index (χ2n) is 6.03. The maximum atomic E-state index is 13.6. The summed E-state index contributed by atoms with van der Waals surface area (Å²) in [5.41, 5.74) is 3.25. The highest BCUT2D eigenvalue weighted by atomic mass is 35.5. The summed E-state index contributed by atoms with van der Waals surface area (Å²) in [6.07, 6.45) is -1.03. The Balaban J connectivity index is 2.41. The van der Waals surface area contributed by atoms with E-state index in [0.717, 1.165) is 29.2 Å². The molecule has 0 aromatic heterocycles. The lowest BCUT2D eigenvalue weighted by Gasteiger charge is -2.19. The highest BCUT2D eigenvalue weighted by Crippen LogP contribution is 2.38. The van der Waals surface area contributed by atoms with Crippen molar-refractivity contribution in [2.75, 3.05) is 0 Å². The van der Waals surface area contributed by atoms with Crippen LogP contribution in [-0.4, -0.2) is 6.18 Å². The SMILES string of the molecule is CCc1ccc(/C=C/C(c2cc(C)c(C)c(Cl)c2)C(F)(F)F)cc1Cl. The van der Waals surface area contributed by atoms with E-state index in [-0.39, 0.29) is 5.56 Å². The van der Waals surface area contributed by atoms with Crippen LogP contribution in [0.5, 0.6) is 0 Å². The zero-order valence-corrected chi connectivity index (χ0v) is 15.7. The standard InChI is InChI=1S/C20H19Cl2F3/c1-4-15-7-5-14(10-19(15)22)6-8-17(20(23,24)25)16-9-12(2)13(3)18(21)11-16/h5-11,17H,4H2,1-3H3/b8-6+. The van der Waals surface area contributed by atoms with Gasteiger partial charge in [0, 0.05) is 10.0 Å². The van der Waals surface area contributed by atoms with Crippen molar-refractivity contribution >= 4 is 29.3 Å². The topological polar surface area (TPSA) is 0 Å². The fraction of sp³-hybridized carbons (Fsp3) is 0.300. The first-order valence-electron chi connectivity index (χ1n) is 7.93. The van der Waals surface area contributed by atoms with Crippen LogP contribution < -0.4 is 0 Å². The van der Waals surface area contributed by atoms with Gasteiger partial charge in [-0.05, 0) is 60.2 Å². The van der Waals surface area contributed by atoms with Crippen LogP contribution >= 0.6 is 23.2 Å². The molecule has 0 fully saturated rings. The number of alkyl halides is 3. The molecule has 0 aliphatic heterocycles. The first-order chi connectivity index (χ1) is 11.6. The van der Waals surface area contributed by atoms with E-state index >= 15 is 0 Å². The summed E-state index contributed by atoms with van der Waals surface area (Å²) in [5, 5.41) is 0.899. The van der Waals surface area contributed by atoms with E-state index in [0.29, 0.717) is 15.6 Å². The lowest BCUT2D eigenvalue weighted by Crippen LogP contribution is -2.19. The predicted molar refractivity (Wildman–Crippen MR) is 99.6 cm³/mol. The number of halogens is 5. The molecule has 0 nitrogen and oxygen atoms in total. The molecule has 0 aliphatic rings. The Morgan fingerprint density at radius 3 is 2.24 bits per heavy atom. The van der Waals surface area contributed by atoms with Crippen molar-refractivity contribution in [3.05, 3.63) is 74.3 Å². The zero-order valence-electron chi connectivity index (χ0n) is 14.2. The molecule has 0 saturated carbocycles. The second kappa shape index (κ2) is 7.84. The molecular weight excluding hydrogens is 368 g/mol. The molecule has 0 N–H and O–H groups in total. The largest absolute Gasteiger partial charge is 0.399 e. The fourth-order valence-electron chi connectivity index (χ4n) is 2.59. The van der Waals surface area contributed by atoms with Gasteiger partial charge in [0.1, 0.15) is 0 Å². The molecule has 1 unspecified atom stereocenters. The van der Waals surface area contributed by atoms with Crippen molar-refractivity contribution in [3.63, 3.8) is 0 Å². The predicted octanol–water partition coefficient (Wildman–Crippen LogP) is 7.53. The Morgan fingerprint density at radius 1 is 1.04 bits per heavy atom. The third kappa shape index (κ3) is 4.80. The highest BCUT2D eigenvalue weighted by Gasteiger charge is 2.39. The number of rotatable bonds is 4. The number of hydrogen-bond acceptors (Lipinski definition) is 0. The van der Waals surface area contributed by atoms with Crippen molar-refractivity contribution in [1.82, 2.24) is 0 Å². The van der Waals surface area contributed by atoms with Crippen molar-refractivity contribution in [2.45, 2.75) is 39.3 Å². The monoisotopic (exact) mass is 386 g/mol. The van der Waals surface area contributed by atoms with E-state index < -0.39 is 12.1 Å². The van der Waals surface area contributed by atoms with Crippen molar-refractivity contribution < 1.29 is 13.2 Å². The Morgan fingerprint density at radius 2 is 1.72 bits per heavy atom. The van der Waals surface area contributed by atoms with Gasteiger partial charge in [-0.1, -0.05) is 60.5 Å². The van der Waals surface area contributed by atoms with Crippen molar-refractivity contribution in [3.8, 4) is 0 Å². The van der Waals surface area contributed by atoms with Crippen LogP contribution in [0.1, 0.15) is 40.7 Å². The number of allylic oxidation sites excluding steroid dienone is 1. The normalized spacial score (nSPS) is 13.4. The van der Waals surface area contributed by atoms with E-state index in [1.165, 1.54) is 18.2 Å². The fourth-order valence-corrected chi connectivity index (χ4v) is 3.19. The Hall–Kier alpha value is -1.45. The minimum Gasteiger partial charge on any atom is -0.170 e. The maximum Gasteiger partial charge on any atom is 0.399 e. The maximum absolute atomic E-state index is 13.6. The smallest absolute Gasteiger partial charge is 0.170 e. The summed E-state index contributed by atoms with van der Waals surface area (Å²) in [5.74, 6) is -1.73.